The van der Waals surface area contributed by atoms with Gasteiger partial charge in [0.1, 0.15) is 10.2 Å². The van der Waals surface area contributed by atoms with E-state index in [4.69, 9.17) is 4.74 Å². The van der Waals surface area contributed by atoms with Crippen LogP contribution >= 0.6 is 15.9 Å². The van der Waals surface area contributed by atoms with E-state index in [9.17, 15) is 9.59 Å². The molecule has 0 aliphatic carbocycles. The second kappa shape index (κ2) is 7.29. The molecule has 7 heteroatoms. The number of amides is 2. The number of carbonyl (C=O) groups excluding carboxylic acids is 2. The van der Waals surface area contributed by atoms with Crippen LogP contribution in [0.4, 0.5) is 10.5 Å². The van der Waals surface area contributed by atoms with Crippen molar-refractivity contribution in [1.29, 1.82) is 0 Å². The summed E-state index contributed by atoms with van der Waals surface area (Å²) in [6.45, 7) is 6.50. The smallest absolute Gasteiger partial charge is 0.410 e. The highest BCUT2D eigenvalue weighted by Crippen LogP contribution is 2.21. The van der Waals surface area contributed by atoms with Gasteiger partial charge < -0.3 is 15.0 Å². The minimum Gasteiger partial charge on any atom is -0.444 e. The quantitative estimate of drug-likeness (QED) is 0.794. The molecule has 2 rings (SSSR count). The van der Waals surface area contributed by atoms with Crippen molar-refractivity contribution in [2.45, 2.75) is 39.2 Å². The predicted octanol–water partition coefficient (Wildman–Crippen LogP) is 3.43. The van der Waals surface area contributed by atoms with Crippen LogP contribution in [0.15, 0.2) is 22.9 Å². The van der Waals surface area contributed by atoms with Crippen LogP contribution in [0, 0.1) is 5.92 Å². The van der Waals surface area contributed by atoms with E-state index in [-0.39, 0.29) is 17.9 Å². The van der Waals surface area contributed by atoms with Gasteiger partial charge in [0.15, 0.2) is 0 Å². The summed E-state index contributed by atoms with van der Waals surface area (Å²) in [6, 6.07) is 3.55. The molecule has 0 radical (unpaired) electrons. The molecule has 1 aliphatic heterocycles. The Morgan fingerprint density at radius 2 is 2.13 bits per heavy atom. The molecular formula is C16H22BrN3O3. The zero-order chi connectivity index (χ0) is 17.0. The van der Waals surface area contributed by atoms with E-state index in [2.05, 4.69) is 26.2 Å². The van der Waals surface area contributed by atoms with Crippen LogP contribution in [0.5, 0.6) is 0 Å². The van der Waals surface area contributed by atoms with Gasteiger partial charge in [-0.25, -0.2) is 9.78 Å². The summed E-state index contributed by atoms with van der Waals surface area (Å²) in [5.74, 6) is -0.331. The van der Waals surface area contributed by atoms with Gasteiger partial charge in [-0.2, -0.15) is 0 Å². The first-order chi connectivity index (χ1) is 10.7. The highest BCUT2D eigenvalue weighted by Gasteiger charge is 2.31. The van der Waals surface area contributed by atoms with E-state index >= 15 is 0 Å². The molecule has 0 saturated carbocycles. The Morgan fingerprint density at radius 3 is 2.74 bits per heavy atom. The van der Waals surface area contributed by atoms with E-state index in [1.807, 2.05) is 20.8 Å². The Kier molecular flexibility index (Phi) is 5.62. The average Bonchev–Trinajstić information content (AvgIpc) is 2.48. The number of anilines is 1. The van der Waals surface area contributed by atoms with Crippen molar-refractivity contribution in [2.24, 2.45) is 5.92 Å². The number of piperidine rings is 1. The second-order valence-electron chi connectivity index (χ2n) is 6.62. The number of hydrogen-bond acceptors (Lipinski definition) is 4. The van der Waals surface area contributed by atoms with Crippen molar-refractivity contribution in [3.8, 4) is 0 Å². The average molecular weight is 384 g/mol. The molecule has 1 aromatic rings. The van der Waals surface area contributed by atoms with Crippen LogP contribution in [0.1, 0.15) is 33.6 Å². The molecule has 1 aromatic heterocycles. The summed E-state index contributed by atoms with van der Waals surface area (Å²) >= 11 is 3.25. The molecule has 1 saturated heterocycles. The molecule has 0 bridgehead atoms. The molecule has 2 heterocycles. The maximum Gasteiger partial charge on any atom is 0.410 e. The van der Waals surface area contributed by atoms with Crippen LogP contribution < -0.4 is 5.32 Å². The Balaban J connectivity index is 1.93. The van der Waals surface area contributed by atoms with Crippen LogP contribution in [-0.4, -0.2) is 40.6 Å². The van der Waals surface area contributed by atoms with Crippen molar-refractivity contribution < 1.29 is 14.3 Å². The van der Waals surface area contributed by atoms with Gasteiger partial charge in [0, 0.05) is 13.1 Å². The maximum absolute atomic E-state index is 12.4. The summed E-state index contributed by atoms with van der Waals surface area (Å²) in [7, 11) is 0. The largest absolute Gasteiger partial charge is 0.444 e. The molecule has 1 fully saturated rings. The lowest BCUT2D eigenvalue weighted by Gasteiger charge is -2.33. The number of pyridine rings is 1. The number of nitrogens with one attached hydrogen (secondary N) is 1. The minimum atomic E-state index is -0.532. The fourth-order valence-corrected chi connectivity index (χ4v) is 2.61. The summed E-state index contributed by atoms with van der Waals surface area (Å²) in [5.41, 5.74) is 0.114. The molecule has 1 N–H and O–H groups in total. The summed E-state index contributed by atoms with van der Waals surface area (Å²) < 4.78 is 6.09. The fourth-order valence-electron chi connectivity index (χ4n) is 2.38. The van der Waals surface area contributed by atoms with Gasteiger partial charge in [-0.05, 0) is 61.7 Å². The zero-order valence-corrected chi connectivity index (χ0v) is 15.2. The van der Waals surface area contributed by atoms with Crippen molar-refractivity contribution in [1.82, 2.24) is 9.88 Å². The molecule has 23 heavy (non-hydrogen) atoms. The number of likely N-dealkylation sites (tertiary alicyclic amines) is 1. The third kappa shape index (κ3) is 5.49. The maximum atomic E-state index is 12.4. The summed E-state index contributed by atoms with van der Waals surface area (Å²) in [4.78, 5) is 30.2. The molecular weight excluding hydrogens is 362 g/mol. The Labute approximate surface area is 144 Å². The first-order valence-corrected chi connectivity index (χ1v) is 8.44. The normalized spacial score (nSPS) is 18.4. The Hall–Kier alpha value is -1.63. The van der Waals surface area contributed by atoms with Crippen molar-refractivity contribution in [2.75, 3.05) is 18.4 Å². The van der Waals surface area contributed by atoms with Gasteiger partial charge in [0.05, 0.1) is 17.8 Å². The molecule has 0 aromatic carbocycles. The van der Waals surface area contributed by atoms with E-state index in [1.54, 1.807) is 23.2 Å². The zero-order valence-electron chi connectivity index (χ0n) is 13.6. The topological polar surface area (TPSA) is 71.5 Å². The predicted molar refractivity (Wildman–Crippen MR) is 91.1 cm³/mol. The Morgan fingerprint density at radius 1 is 1.39 bits per heavy atom. The van der Waals surface area contributed by atoms with Crippen molar-refractivity contribution in [3.05, 3.63) is 22.9 Å². The SMILES string of the molecule is CC(C)(C)OC(=O)N1CCC[C@H](C(=O)Nc2ccc(Br)nc2)C1. The highest BCUT2D eigenvalue weighted by atomic mass is 79.9. The molecule has 6 nitrogen and oxygen atoms in total. The molecule has 1 atom stereocenters. The molecule has 0 spiro atoms. The highest BCUT2D eigenvalue weighted by molar-refractivity contribution is 9.10. The third-order valence-corrected chi connectivity index (χ3v) is 3.91. The van der Waals surface area contributed by atoms with Gasteiger partial charge in [-0.15, -0.1) is 0 Å². The number of halogens is 1. The number of hydrogen-bond donors (Lipinski definition) is 1. The first-order valence-electron chi connectivity index (χ1n) is 7.65. The minimum absolute atomic E-state index is 0.0950. The van der Waals surface area contributed by atoms with Crippen molar-refractivity contribution >= 4 is 33.6 Å². The lowest BCUT2D eigenvalue weighted by molar-refractivity contribution is -0.121. The van der Waals surface area contributed by atoms with Crippen LogP contribution in [-0.2, 0) is 9.53 Å². The van der Waals surface area contributed by atoms with Crippen molar-refractivity contribution in [3.63, 3.8) is 0 Å². The fraction of sp³-hybridized carbons (Fsp3) is 0.562. The number of carbonyl (C=O) groups is 2. The standard InChI is InChI=1S/C16H22BrN3O3/c1-16(2,3)23-15(22)20-8-4-5-11(10-20)14(21)19-12-6-7-13(17)18-9-12/h6-7,9,11H,4-5,8,10H2,1-3H3,(H,19,21)/t11-/m0/s1. The molecule has 2 amide bonds. The summed E-state index contributed by atoms with van der Waals surface area (Å²) in [5, 5.41) is 2.85. The van der Waals surface area contributed by atoms with E-state index in [0.29, 0.717) is 23.4 Å². The number of rotatable bonds is 2. The second-order valence-corrected chi connectivity index (χ2v) is 7.44. The number of nitrogens with zero attached hydrogens (tertiary/aromatic N) is 2. The van der Waals surface area contributed by atoms with E-state index < -0.39 is 5.60 Å². The lowest BCUT2D eigenvalue weighted by Crippen LogP contribution is -2.45. The van der Waals surface area contributed by atoms with Gasteiger partial charge >= 0.3 is 6.09 Å². The Bertz CT molecular complexity index is 569. The van der Waals surface area contributed by atoms with E-state index in [0.717, 1.165) is 12.8 Å². The van der Waals surface area contributed by atoms with Crippen LogP contribution in [0.25, 0.3) is 0 Å². The van der Waals surface area contributed by atoms with Gasteiger partial charge in [0.2, 0.25) is 5.91 Å². The number of aromatic nitrogens is 1. The van der Waals surface area contributed by atoms with Gasteiger partial charge in [-0.1, -0.05) is 0 Å². The van der Waals surface area contributed by atoms with Gasteiger partial charge in [0.25, 0.3) is 0 Å². The van der Waals surface area contributed by atoms with Crippen LogP contribution in [0.3, 0.4) is 0 Å². The third-order valence-electron chi connectivity index (χ3n) is 3.44. The first kappa shape index (κ1) is 17.7. The van der Waals surface area contributed by atoms with E-state index in [1.165, 1.54) is 0 Å². The van der Waals surface area contributed by atoms with Gasteiger partial charge in [-0.3, -0.25) is 4.79 Å². The molecule has 0 unspecified atom stereocenters. The molecule has 1 aliphatic rings. The lowest BCUT2D eigenvalue weighted by atomic mass is 9.97. The number of ether oxygens (including phenoxy) is 1. The summed E-state index contributed by atoms with van der Waals surface area (Å²) in [6.07, 6.45) is 2.78. The van der Waals surface area contributed by atoms with Crippen LogP contribution in [0.2, 0.25) is 0 Å². The molecule has 126 valence electrons. The monoisotopic (exact) mass is 383 g/mol.